The highest BCUT2D eigenvalue weighted by Crippen LogP contribution is 2.28. The van der Waals surface area contributed by atoms with Gasteiger partial charge in [-0.1, -0.05) is 31.2 Å². The van der Waals surface area contributed by atoms with E-state index in [2.05, 4.69) is 30.7 Å². The lowest BCUT2D eigenvalue weighted by Gasteiger charge is -2.29. The number of benzene rings is 1. The van der Waals surface area contributed by atoms with Crippen LogP contribution in [0.25, 0.3) is 10.8 Å². The van der Waals surface area contributed by atoms with Crippen molar-refractivity contribution in [2.45, 2.75) is 33.2 Å². The summed E-state index contributed by atoms with van der Waals surface area (Å²) in [6, 6.07) is 7.93. The van der Waals surface area contributed by atoms with Crippen LogP contribution in [-0.4, -0.2) is 28.6 Å². The average molecular weight is 272 g/mol. The van der Waals surface area contributed by atoms with E-state index in [9.17, 15) is 9.90 Å². The largest absolute Gasteiger partial charge is 0.478 e. The minimum atomic E-state index is -0.938. The lowest BCUT2D eigenvalue weighted by Crippen LogP contribution is -2.33. The highest BCUT2D eigenvalue weighted by Gasteiger charge is 2.18. The first-order chi connectivity index (χ1) is 9.60. The van der Waals surface area contributed by atoms with E-state index in [-0.39, 0.29) is 5.56 Å². The van der Waals surface area contributed by atoms with Gasteiger partial charge in [-0.25, -0.2) is 9.78 Å². The molecule has 1 aromatic carbocycles. The summed E-state index contributed by atoms with van der Waals surface area (Å²) in [5.74, 6) is -0.0747. The van der Waals surface area contributed by atoms with Gasteiger partial charge in [-0.05, 0) is 20.3 Å². The van der Waals surface area contributed by atoms with Gasteiger partial charge in [0.1, 0.15) is 5.82 Å². The van der Waals surface area contributed by atoms with Gasteiger partial charge in [0, 0.05) is 29.6 Å². The van der Waals surface area contributed by atoms with Crippen molar-refractivity contribution in [2.75, 3.05) is 11.4 Å². The molecule has 2 aromatic rings. The number of hydrogen-bond acceptors (Lipinski definition) is 3. The van der Waals surface area contributed by atoms with Crippen molar-refractivity contribution in [3.8, 4) is 0 Å². The topological polar surface area (TPSA) is 53.4 Å². The van der Waals surface area contributed by atoms with Crippen molar-refractivity contribution in [1.82, 2.24) is 4.98 Å². The van der Waals surface area contributed by atoms with E-state index >= 15 is 0 Å². The number of aromatic nitrogens is 1. The van der Waals surface area contributed by atoms with Crippen LogP contribution in [0.4, 0.5) is 5.82 Å². The van der Waals surface area contributed by atoms with E-state index in [0.717, 1.165) is 29.6 Å². The Hall–Kier alpha value is -2.10. The molecule has 1 N–H and O–H groups in total. The Morgan fingerprint density at radius 2 is 1.95 bits per heavy atom. The van der Waals surface area contributed by atoms with Crippen LogP contribution in [-0.2, 0) is 0 Å². The minimum Gasteiger partial charge on any atom is -0.478 e. The molecule has 4 heteroatoms. The average Bonchev–Trinajstić information content (AvgIpc) is 2.47. The van der Waals surface area contributed by atoms with Crippen LogP contribution in [0.2, 0.25) is 0 Å². The fourth-order valence-electron chi connectivity index (χ4n) is 2.47. The fraction of sp³-hybridized carbons (Fsp3) is 0.375. The quantitative estimate of drug-likeness (QED) is 0.904. The summed E-state index contributed by atoms with van der Waals surface area (Å²) >= 11 is 0. The molecule has 0 saturated heterocycles. The second-order valence-corrected chi connectivity index (χ2v) is 4.89. The molecule has 1 atom stereocenters. The van der Waals surface area contributed by atoms with Crippen LogP contribution in [0.3, 0.4) is 0 Å². The van der Waals surface area contributed by atoms with Gasteiger partial charge in [-0.3, -0.25) is 0 Å². The van der Waals surface area contributed by atoms with Crippen LogP contribution >= 0.6 is 0 Å². The molecule has 1 heterocycles. The van der Waals surface area contributed by atoms with E-state index in [4.69, 9.17) is 0 Å². The van der Waals surface area contributed by atoms with Gasteiger partial charge in [-0.15, -0.1) is 0 Å². The maximum Gasteiger partial charge on any atom is 0.337 e. The minimum absolute atomic E-state index is 0.254. The summed E-state index contributed by atoms with van der Waals surface area (Å²) in [7, 11) is 0. The van der Waals surface area contributed by atoms with Crippen molar-refractivity contribution in [3.63, 3.8) is 0 Å². The van der Waals surface area contributed by atoms with Gasteiger partial charge in [-0.2, -0.15) is 0 Å². The third kappa shape index (κ3) is 2.46. The number of anilines is 1. The first-order valence-electron chi connectivity index (χ1n) is 6.97. The molecule has 0 fully saturated rings. The summed E-state index contributed by atoms with van der Waals surface area (Å²) in [6.07, 6.45) is 2.48. The van der Waals surface area contributed by atoms with Gasteiger partial charge < -0.3 is 10.0 Å². The van der Waals surface area contributed by atoms with E-state index in [1.165, 1.54) is 6.20 Å². The van der Waals surface area contributed by atoms with Crippen molar-refractivity contribution in [2.24, 2.45) is 0 Å². The molecule has 0 aliphatic carbocycles. The van der Waals surface area contributed by atoms with Crippen molar-refractivity contribution in [3.05, 3.63) is 36.0 Å². The molecule has 0 radical (unpaired) electrons. The third-order valence-corrected chi connectivity index (χ3v) is 3.74. The number of carbonyl (C=O) groups is 1. The Kier molecular flexibility index (Phi) is 4.23. The van der Waals surface area contributed by atoms with Gasteiger partial charge in [0.25, 0.3) is 0 Å². The molecule has 1 aromatic heterocycles. The fourth-order valence-corrected chi connectivity index (χ4v) is 2.47. The Morgan fingerprint density at radius 1 is 1.30 bits per heavy atom. The summed E-state index contributed by atoms with van der Waals surface area (Å²) in [6.45, 7) is 7.23. The number of fused-ring (bicyclic) bond motifs is 1. The molecule has 0 aliphatic rings. The first-order valence-corrected chi connectivity index (χ1v) is 6.97. The zero-order chi connectivity index (χ0) is 14.7. The monoisotopic (exact) mass is 272 g/mol. The molecule has 0 saturated carbocycles. The Morgan fingerprint density at radius 3 is 2.50 bits per heavy atom. The van der Waals surface area contributed by atoms with E-state index in [1.807, 2.05) is 24.3 Å². The second kappa shape index (κ2) is 5.90. The van der Waals surface area contributed by atoms with Crippen LogP contribution in [0.15, 0.2) is 30.5 Å². The normalized spacial score (nSPS) is 12.3. The molecule has 0 spiro atoms. The highest BCUT2D eigenvalue weighted by atomic mass is 16.4. The molecule has 0 bridgehead atoms. The smallest absolute Gasteiger partial charge is 0.337 e. The summed E-state index contributed by atoms with van der Waals surface area (Å²) < 4.78 is 0. The number of carboxylic acid groups (broad SMARTS) is 1. The molecule has 20 heavy (non-hydrogen) atoms. The predicted molar refractivity (Wildman–Crippen MR) is 81.5 cm³/mol. The third-order valence-electron chi connectivity index (χ3n) is 3.74. The lowest BCUT2D eigenvalue weighted by molar-refractivity contribution is 0.0698. The van der Waals surface area contributed by atoms with Gasteiger partial charge in [0.05, 0.1) is 5.56 Å². The second-order valence-electron chi connectivity index (χ2n) is 4.89. The number of rotatable bonds is 5. The summed E-state index contributed by atoms with van der Waals surface area (Å²) in [5.41, 5.74) is 0.254. The zero-order valence-electron chi connectivity index (χ0n) is 12.1. The van der Waals surface area contributed by atoms with E-state index < -0.39 is 5.97 Å². The van der Waals surface area contributed by atoms with Gasteiger partial charge >= 0.3 is 5.97 Å². The van der Waals surface area contributed by atoms with Crippen LogP contribution < -0.4 is 4.90 Å². The molecule has 4 nitrogen and oxygen atoms in total. The molecule has 0 aliphatic heterocycles. The predicted octanol–water partition coefficient (Wildman–Crippen LogP) is 3.56. The molecule has 106 valence electrons. The van der Waals surface area contributed by atoms with Crippen molar-refractivity contribution < 1.29 is 9.90 Å². The molecular weight excluding hydrogens is 252 g/mol. The number of hydrogen-bond donors (Lipinski definition) is 1. The van der Waals surface area contributed by atoms with Crippen LogP contribution in [0.1, 0.15) is 37.6 Å². The Labute approximate surface area is 119 Å². The highest BCUT2D eigenvalue weighted by molar-refractivity contribution is 6.06. The maximum atomic E-state index is 11.3. The maximum absolute atomic E-state index is 11.3. The number of nitrogens with zero attached hydrogens (tertiary/aromatic N) is 2. The first kappa shape index (κ1) is 14.3. The van der Waals surface area contributed by atoms with Crippen molar-refractivity contribution in [1.29, 1.82) is 0 Å². The van der Waals surface area contributed by atoms with Crippen LogP contribution in [0, 0.1) is 0 Å². The summed E-state index contributed by atoms with van der Waals surface area (Å²) in [5, 5.41) is 10.9. The SMILES string of the molecule is CCC(C)N(CC)c1ncc(C(=O)O)c2ccccc12. The number of carboxylic acids is 1. The van der Waals surface area contributed by atoms with Crippen molar-refractivity contribution >= 4 is 22.6 Å². The van der Waals surface area contributed by atoms with Crippen LogP contribution in [0.5, 0.6) is 0 Å². The Bertz CT molecular complexity index is 625. The molecule has 2 rings (SSSR count). The molecule has 1 unspecified atom stereocenters. The van der Waals surface area contributed by atoms with Gasteiger partial charge in [0.2, 0.25) is 0 Å². The van der Waals surface area contributed by atoms with E-state index in [1.54, 1.807) is 0 Å². The van der Waals surface area contributed by atoms with Gasteiger partial charge in [0.15, 0.2) is 0 Å². The number of pyridine rings is 1. The van der Waals surface area contributed by atoms with E-state index in [0.29, 0.717) is 6.04 Å². The standard InChI is InChI=1S/C16H20N2O2/c1-4-11(3)18(5-2)15-13-9-7-6-8-12(13)14(10-17-15)16(19)20/h6-11H,4-5H2,1-3H3,(H,19,20). The molecular formula is C16H20N2O2. The molecule has 0 amide bonds. The number of aromatic carboxylic acids is 1. The lowest BCUT2D eigenvalue weighted by atomic mass is 10.1. The Balaban J connectivity index is 2.66. The zero-order valence-corrected chi connectivity index (χ0v) is 12.1. The summed E-state index contributed by atoms with van der Waals surface area (Å²) in [4.78, 5) is 17.9.